The lowest BCUT2D eigenvalue weighted by molar-refractivity contribution is -0.138. The Hall–Kier alpha value is -1.99. The lowest BCUT2D eigenvalue weighted by atomic mass is 10.0. The molecule has 7 heteroatoms. The average molecular weight is 397 g/mol. The van der Waals surface area contributed by atoms with Gasteiger partial charge in [-0.2, -0.15) is 13.2 Å². The summed E-state index contributed by atoms with van der Waals surface area (Å²) in [7, 11) is 1.67. The van der Waals surface area contributed by atoms with Gasteiger partial charge >= 0.3 is 6.18 Å². The molecule has 0 radical (unpaired) electrons. The van der Waals surface area contributed by atoms with E-state index in [0.29, 0.717) is 13.1 Å². The Balaban J connectivity index is 0.000000878. The van der Waals surface area contributed by atoms with Crippen molar-refractivity contribution in [2.24, 2.45) is 0 Å². The van der Waals surface area contributed by atoms with Gasteiger partial charge < -0.3 is 14.6 Å². The number of methoxy groups -OCH3 is 1. The summed E-state index contributed by atoms with van der Waals surface area (Å²) in [6, 6.07) is 4.09. The Morgan fingerprint density at radius 2 is 1.82 bits per heavy atom. The van der Waals surface area contributed by atoms with Gasteiger partial charge in [-0.05, 0) is 31.5 Å². The molecular formula is C21H30F3N3O. The van der Waals surface area contributed by atoms with Crippen LogP contribution in [0, 0.1) is 6.92 Å². The quantitative estimate of drug-likeness (QED) is 0.739. The van der Waals surface area contributed by atoms with Gasteiger partial charge in [0.15, 0.2) is 0 Å². The molecule has 1 aromatic heterocycles. The molecule has 3 rings (SSSR count). The van der Waals surface area contributed by atoms with E-state index in [1.54, 1.807) is 13.2 Å². The molecule has 1 saturated heterocycles. The maximum Gasteiger partial charge on any atom is 0.390 e. The van der Waals surface area contributed by atoms with E-state index >= 15 is 0 Å². The van der Waals surface area contributed by atoms with Crippen LogP contribution in [0.5, 0.6) is 5.75 Å². The van der Waals surface area contributed by atoms with Gasteiger partial charge in [0.25, 0.3) is 0 Å². The fourth-order valence-electron chi connectivity index (χ4n) is 3.46. The number of benzene rings is 1. The molecule has 0 aliphatic carbocycles. The second-order valence-corrected chi connectivity index (χ2v) is 7.03. The number of piperazine rings is 1. The van der Waals surface area contributed by atoms with Crippen LogP contribution < -0.4 is 4.74 Å². The van der Waals surface area contributed by atoms with E-state index in [2.05, 4.69) is 22.5 Å². The van der Waals surface area contributed by atoms with E-state index in [4.69, 9.17) is 4.74 Å². The van der Waals surface area contributed by atoms with Crippen LogP contribution in [-0.4, -0.2) is 60.8 Å². The van der Waals surface area contributed by atoms with Crippen molar-refractivity contribution in [1.29, 1.82) is 0 Å². The number of nitrogens with one attached hydrogen (secondary N) is 1. The van der Waals surface area contributed by atoms with Gasteiger partial charge in [-0.1, -0.05) is 6.08 Å². The van der Waals surface area contributed by atoms with E-state index in [-0.39, 0.29) is 6.54 Å². The van der Waals surface area contributed by atoms with E-state index in [1.165, 1.54) is 0 Å². The van der Waals surface area contributed by atoms with Gasteiger partial charge in [0.2, 0.25) is 0 Å². The summed E-state index contributed by atoms with van der Waals surface area (Å²) in [4.78, 5) is 7.44. The van der Waals surface area contributed by atoms with Crippen LogP contribution in [0.3, 0.4) is 0 Å². The van der Waals surface area contributed by atoms with Crippen molar-refractivity contribution < 1.29 is 17.9 Å². The van der Waals surface area contributed by atoms with Crippen molar-refractivity contribution in [3.8, 4) is 5.75 Å². The number of nitrogens with zero attached hydrogens (tertiary/aromatic N) is 2. The summed E-state index contributed by atoms with van der Waals surface area (Å²) in [5.41, 5.74) is 3.38. The highest BCUT2D eigenvalue weighted by atomic mass is 19.4. The van der Waals surface area contributed by atoms with Gasteiger partial charge in [0.05, 0.1) is 13.5 Å². The van der Waals surface area contributed by atoms with E-state index in [9.17, 15) is 13.2 Å². The number of aryl methyl sites for hydroxylation is 1. The lowest BCUT2D eigenvalue weighted by Crippen LogP contribution is -2.46. The average Bonchev–Trinajstić information content (AvgIpc) is 3.14. The van der Waals surface area contributed by atoms with Crippen molar-refractivity contribution in [3.63, 3.8) is 0 Å². The summed E-state index contributed by atoms with van der Waals surface area (Å²) in [6.45, 7) is 11.0. The standard InChI is InChI=1S/C18H24F3N3O.C3H6/c1-13-11-16(25-2)15(14-3-5-22-17(13)14)12-24-9-7-23(8-10-24)6-4-18(19,20)21;1-3-2/h3,5,11,22H,4,6-10,12H2,1-2H3;3H,1H2,2H3. The lowest BCUT2D eigenvalue weighted by Gasteiger charge is -2.35. The molecule has 2 aromatic rings. The zero-order valence-electron chi connectivity index (χ0n) is 16.9. The SMILES string of the molecule is C=CC.COc1cc(C)c2[nH]ccc2c1CN1CCN(CCC(F)(F)F)CC1. The second kappa shape index (κ2) is 9.98. The third-order valence-corrected chi connectivity index (χ3v) is 4.89. The molecule has 1 aromatic carbocycles. The maximum absolute atomic E-state index is 12.4. The minimum Gasteiger partial charge on any atom is -0.496 e. The first-order chi connectivity index (χ1) is 13.3. The number of hydrogen-bond acceptors (Lipinski definition) is 3. The fourth-order valence-corrected chi connectivity index (χ4v) is 3.46. The third-order valence-electron chi connectivity index (χ3n) is 4.89. The molecular weight excluding hydrogens is 367 g/mol. The number of aromatic nitrogens is 1. The second-order valence-electron chi connectivity index (χ2n) is 7.03. The minimum absolute atomic E-state index is 0.0905. The Morgan fingerprint density at radius 1 is 1.21 bits per heavy atom. The largest absolute Gasteiger partial charge is 0.496 e. The number of fused-ring (bicyclic) bond motifs is 1. The highest BCUT2D eigenvalue weighted by molar-refractivity contribution is 5.88. The maximum atomic E-state index is 12.4. The van der Waals surface area contributed by atoms with Crippen LogP contribution >= 0.6 is 0 Å². The van der Waals surface area contributed by atoms with Crippen LogP contribution in [0.25, 0.3) is 10.9 Å². The first-order valence-corrected chi connectivity index (χ1v) is 9.51. The highest BCUT2D eigenvalue weighted by Gasteiger charge is 2.29. The van der Waals surface area contributed by atoms with Crippen LogP contribution in [-0.2, 0) is 6.54 Å². The number of ether oxygens (including phenoxy) is 1. The van der Waals surface area contributed by atoms with E-state index in [1.807, 2.05) is 31.0 Å². The molecule has 0 bridgehead atoms. The van der Waals surface area contributed by atoms with Crippen molar-refractivity contribution in [1.82, 2.24) is 14.8 Å². The molecule has 1 aliphatic rings. The molecule has 1 fully saturated rings. The Kier molecular flexibility index (Phi) is 7.95. The molecule has 4 nitrogen and oxygen atoms in total. The minimum atomic E-state index is -4.08. The third kappa shape index (κ3) is 6.01. The molecule has 0 unspecified atom stereocenters. The topological polar surface area (TPSA) is 31.5 Å². The summed E-state index contributed by atoms with van der Waals surface area (Å²) >= 11 is 0. The molecule has 0 spiro atoms. The van der Waals surface area contributed by atoms with Gasteiger partial charge in [0, 0.05) is 61.9 Å². The zero-order chi connectivity index (χ0) is 20.7. The van der Waals surface area contributed by atoms with Crippen LogP contribution in [0.4, 0.5) is 13.2 Å². The number of halogens is 3. The van der Waals surface area contributed by atoms with E-state index < -0.39 is 12.6 Å². The van der Waals surface area contributed by atoms with Crippen LogP contribution in [0.15, 0.2) is 31.0 Å². The molecule has 28 heavy (non-hydrogen) atoms. The van der Waals surface area contributed by atoms with Crippen molar-refractivity contribution in [2.75, 3.05) is 39.8 Å². The smallest absolute Gasteiger partial charge is 0.390 e. The number of H-pyrrole nitrogens is 1. The number of alkyl halides is 3. The van der Waals surface area contributed by atoms with Gasteiger partial charge in [0.1, 0.15) is 5.75 Å². The van der Waals surface area contributed by atoms with Crippen molar-refractivity contribution in [3.05, 3.63) is 42.1 Å². The summed E-state index contributed by atoms with van der Waals surface area (Å²) < 4.78 is 42.6. The molecule has 0 atom stereocenters. The van der Waals surface area contributed by atoms with Gasteiger partial charge in [-0.15, -0.1) is 6.58 Å². The molecule has 0 saturated carbocycles. The monoisotopic (exact) mass is 397 g/mol. The normalized spacial score (nSPS) is 15.9. The van der Waals surface area contributed by atoms with Crippen molar-refractivity contribution in [2.45, 2.75) is 33.0 Å². The van der Waals surface area contributed by atoms with Crippen LogP contribution in [0.2, 0.25) is 0 Å². The number of allylic oxidation sites excluding steroid dienone is 1. The summed E-state index contributed by atoms with van der Waals surface area (Å²) in [5, 5.41) is 1.15. The number of hydrogen-bond donors (Lipinski definition) is 1. The van der Waals surface area contributed by atoms with Gasteiger partial charge in [-0.3, -0.25) is 4.90 Å². The molecule has 0 amide bonds. The zero-order valence-corrected chi connectivity index (χ0v) is 16.9. The fraction of sp³-hybridized carbons (Fsp3) is 0.524. The first-order valence-electron chi connectivity index (χ1n) is 9.51. The Bertz CT molecular complexity index is 762. The number of aromatic amines is 1. The molecule has 1 N–H and O–H groups in total. The molecule has 2 heterocycles. The summed E-state index contributed by atoms with van der Waals surface area (Å²) in [5.74, 6) is 0.865. The van der Waals surface area contributed by atoms with Gasteiger partial charge in [-0.25, -0.2) is 0 Å². The van der Waals surface area contributed by atoms with Crippen LogP contribution in [0.1, 0.15) is 24.5 Å². The van der Waals surface area contributed by atoms with E-state index in [0.717, 1.165) is 47.4 Å². The van der Waals surface area contributed by atoms with Crippen molar-refractivity contribution >= 4 is 10.9 Å². The Morgan fingerprint density at radius 3 is 2.39 bits per heavy atom. The highest BCUT2D eigenvalue weighted by Crippen LogP contribution is 2.31. The number of rotatable bonds is 5. The summed E-state index contributed by atoms with van der Waals surface area (Å²) in [6.07, 6.45) is -1.13. The predicted octanol–water partition coefficient (Wildman–Crippen LogP) is 4.75. The Labute approximate surface area is 165 Å². The predicted molar refractivity (Wildman–Crippen MR) is 108 cm³/mol. The molecule has 156 valence electrons. The first kappa shape index (κ1) is 22.3. The molecule has 1 aliphatic heterocycles.